The number of piperazine rings is 1. The van der Waals surface area contributed by atoms with Crippen LogP contribution in [-0.4, -0.2) is 47.1 Å². The Balaban J connectivity index is 1.72. The zero-order chi connectivity index (χ0) is 17.6. The fourth-order valence-electron chi connectivity index (χ4n) is 3.81. The van der Waals surface area contributed by atoms with E-state index in [9.17, 15) is 19.7 Å². The minimum Gasteiger partial charge on any atom is -0.454 e. The van der Waals surface area contributed by atoms with Crippen LogP contribution in [0.5, 0.6) is 11.5 Å². The van der Waals surface area contributed by atoms with Crippen molar-refractivity contribution in [3.8, 4) is 11.5 Å². The Kier molecular flexibility index (Phi) is 3.70. The molecule has 2 amide bonds. The van der Waals surface area contributed by atoms with Gasteiger partial charge in [-0.25, -0.2) is 0 Å². The number of hydrogen-bond acceptors (Lipinski definition) is 6. The quantitative estimate of drug-likeness (QED) is 0.636. The number of fused-ring (bicyclic) bond motifs is 2. The van der Waals surface area contributed by atoms with Gasteiger partial charge in [0.05, 0.1) is 17.0 Å². The molecule has 0 bridgehead atoms. The Morgan fingerprint density at radius 2 is 1.96 bits per heavy atom. The highest BCUT2D eigenvalue weighted by atomic mass is 16.7. The van der Waals surface area contributed by atoms with Gasteiger partial charge in [-0.05, 0) is 12.8 Å². The smallest absolute Gasteiger partial charge is 0.286 e. The highest BCUT2D eigenvalue weighted by molar-refractivity contribution is 6.01. The van der Waals surface area contributed by atoms with E-state index in [4.69, 9.17) is 9.47 Å². The maximum absolute atomic E-state index is 13.1. The number of nitro benzene ring substituents is 1. The van der Waals surface area contributed by atoms with E-state index in [-0.39, 0.29) is 48.3 Å². The molecule has 25 heavy (non-hydrogen) atoms. The predicted molar refractivity (Wildman–Crippen MR) is 84.4 cm³/mol. The van der Waals surface area contributed by atoms with Crippen LogP contribution in [0, 0.1) is 10.1 Å². The third kappa shape index (κ3) is 2.65. The van der Waals surface area contributed by atoms with Crippen LogP contribution >= 0.6 is 0 Å². The van der Waals surface area contributed by atoms with E-state index in [1.165, 1.54) is 17.0 Å². The number of carbonyl (C=O) groups is 2. The number of ether oxygens (including phenoxy) is 2. The molecule has 9 nitrogen and oxygen atoms in total. The van der Waals surface area contributed by atoms with Crippen LogP contribution in [0.1, 0.15) is 36.0 Å². The van der Waals surface area contributed by atoms with Gasteiger partial charge in [-0.1, -0.05) is 12.8 Å². The first-order valence-corrected chi connectivity index (χ1v) is 8.23. The van der Waals surface area contributed by atoms with Crippen LogP contribution in [0.4, 0.5) is 5.69 Å². The molecule has 2 heterocycles. The molecule has 132 valence electrons. The molecule has 1 saturated heterocycles. The monoisotopic (exact) mass is 347 g/mol. The number of hydrogen-bond donors (Lipinski definition) is 1. The van der Waals surface area contributed by atoms with Gasteiger partial charge < -0.3 is 19.7 Å². The maximum atomic E-state index is 13.1. The standard InChI is InChI=1S/C16H17N3O6/c20-15-7-18(11-4-2-1-3-10(11)17-15)16(21)9-5-13-14(25-8-24-13)6-12(9)19(22)23/h5-6,10-11H,1-4,7-8H2,(H,17,20). The number of rotatable bonds is 2. The maximum Gasteiger partial charge on any atom is 0.286 e. The summed E-state index contributed by atoms with van der Waals surface area (Å²) in [4.78, 5) is 37.3. The van der Waals surface area contributed by atoms with Crippen LogP contribution in [0.3, 0.4) is 0 Å². The zero-order valence-corrected chi connectivity index (χ0v) is 13.4. The molecule has 9 heteroatoms. The highest BCUT2D eigenvalue weighted by Gasteiger charge is 2.41. The molecule has 1 aromatic rings. The molecular weight excluding hydrogens is 330 g/mol. The predicted octanol–water partition coefficient (Wildman–Crippen LogP) is 1.21. The third-order valence-electron chi connectivity index (χ3n) is 4.97. The van der Waals surface area contributed by atoms with Crippen molar-refractivity contribution in [3.05, 3.63) is 27.8 Å². The largest absolute Gasteiger partial charge is 0.454 e. The van der Waals surface area contributed by atoms with Gasteiger partial charge in [0.1, 0.15) is 12.1 Å². The van der Waals surface area contributed by atoms with Gasteiger partial charge in [0.15, 0.2) is 11.5 Å². The Morgan fingerprint density at radius 3 is 2.72 bits per heavy atom. The van der Waals surface area contributed by atoms with Crippen LogP contribution in [0.15, 0.2) is 12.1 Å². The van der Waals surface area contributed by atoms with Gasteiger partial charge >= 0.3 is 0 Å². The van der Waals surface area contributed by atoms with Gasteiger partial charge in [0.2, 0.25) is 12.7 Å². The van der Waals surface area contributed by atoms with Gasteiger partial charge in [0, 0.05) is 12.1 Å². The molecule has 1 aliphatic carbocycles. The van der Waals surface area contributed by atoms with Crippen molar-refractivity contribution in [2.24, 2.45) is 0 Å². The lowest BCUT2D eigenvalue weighted by Crippen LogP contribution is -2.62. The molecule has 1 N–H and O–H groups in total. The van der Waals surface area contributed by atoms with E-state index in [2.05, 4.69) is 5.32 Å². The lowest BCUT2D eigenvalue weighted by Gasteiger charge is -2.43. The average Bonchev–Trinajstić information content (AvgIpc) is 3.06. The summed E-state index contributed by atoms with van der Waals surface area (Å²) >= 11 is 0. The van der Waals surface area contributed by atoms with Crippen molar-refractivity contribution in [1.29, 1.82) is 0 Å². The lowest BCUT2D eigenvalue weighted by molar-refractivity contribution is -0.385. The first-order chi connectivity index (χ1) is 12.0. The normalized spacial score (nSPS) is 24.5. The molecule has 3 aliphatic rings. The molecule has 0 aromatic heterocycles. The van der Waals surface area contributed by atoms with E-state index < -0.39 is 10.8 Å². The Labute approximate surface area is 143 Å². The topological polar surface area (TPSA) is 111 Å². The van der Waals surface area contributed by atoms with Crippen molar-refractivity contribution in [2.75, 3.05) is 13.3 Å². The highest BCUT2D eigenvalue weighted by Crippen LogP contribution is 2.39. The summed E-state index contributed by atoms with van der Waals surface area (Å²) in [5.41, 5.74) is -0.416. The van der Waals surface area contributed by atoms with E-state index in [0.717, 1.165) is 25.7 Å². The number of nitrogens with one attached hydrogen (secondary N) is 1. The van der Waals surface area contributed by atoms with Gasteiger partial charge in [-0.15, -0.1) is 0 Å². The molecular formula is C16H17N3O6. The second-order valence-corrected chi connectivity index (χ2v) is 6.44. The minimum absolute atomic E-state index is 0.0407. The van der Waals surface area contributed by atoms with Crippen molar-refractivity contribution in [2.45, 2.75) is 37.8 Å². The van der Waals surface area contributed by atoms with Gasteiger partial charge in [0.25, 0.3) is 11.6 Å². The first-order valence-electron chi connectivity index (χ1n) is 8.23. The SMILES string of the molecule is O=C1CN(C(=O)c2cc3c(cc2[N+](=O)[O-])OCO3)C2CCCCC2N1. The van der Waals surface area contributed by atoms with Crippen LogP contribution in [0.2, 0.25) is 0 Å². The van der Waals surface area contributed by atoms with Crippen molar-refractivity contribution < 1.29 is 24.0 Å². The number of carbonyl (C=O) groups excluding carboxylic acids is 2. The summed E-state index contributed by atoms with van der Waals surface area (Å²) in [5, 5.41) is 14.3. The summed E-state index contributed by atoms with van der Waals surface area (Å²) in [6.45, 7) is -0.132. The third-order valence-corrected chi connectivity index (χ3v) is 4.97. The first kappa shape index (κ1) is 15.7. The van der Waals surface area contributed by atoms with Crippen LogP contribution in [-0.2, 0) is 4.79 Å². The van der Waals surface area contributed by atoms with Gasteiger partial charge in [-0.2, -0.15) is 0 Å². The molecule has 4 rings (SSSR count). The van der Waals surface area contributed by atoms with Gasteiger partial charge in [-0.3, -0.25) is 19.7 Å². The molecule has 1 aromatic carbocycles. The average molecular weight is 347 g/mol. The molecule has 2 aliphatic heterocycles. The Bertz CT molecular complexity index is 764. The summed E-state index contributed by atoms with van der Waals surface area (Å²) in [6.07, 6.45) is 3.54. The molecule has 2 unspecified atom stereocenters. The van der Waals surface area contributed by atoms with Crippen molar-refractivity contribution in [3.63, 3.8) is 0 Å². The second kappa shape index (κ2) is 5.91. The summed E-state index contributed by atoms with van der Waals surface area (Å²) in [7, 11) is 0. The summed E-state index contributed by atoms with van der Waals surface area (Å²) in [5.74, 6) is -0.206. The van der Waals surface area contributed by atoms with Crippen molar-refractivity contribution >= 4 is 17.5 Å². The fourth-order valence-corrected chi connectivity index (χ4v) is 3.81. The summed E-state index contributed by atoms with van der Waals surface area (Å²) < 4.78 is 10.4. The van der Waals surface area contributed by atoms with Crippen molar-refractivity contribution in [1.82, 2.24) is 10.2 Å². The molecule has 2 fully saturated rings. The minimum atomic E-state index is -0.614. The van der Waals surface area contributed by atoms with Crippen LogP contribution in [0.25, 0.3) is 0 Å². The number of nitrogens with zero attached hydrogens (tertiary/aromatic N) is 2. The second-order valence-electron chi connectivity index (χ2n) is 6.44. The summed E-state index contributed by atoms with van der Waals surface area (Å²) in [6, 6.07) is 2.32. The fraction of sp³-hybridized carbons (Fsp3) is 0.500. The van der Waals surface area contributed by atoms with E-state index >= 15 is 0 Å². The van der Waals surface area contributed by atoms with E-state index in [1.807, 2.05) is 0 Å². The molecule has 0 radical (unpaired) electrons. The molecule has 2 atom stereocenters. The molecule has 0 spiro atoms. The molecule has 1 saturated carbocycles. The lowest BCUT2D eigenvalue weighted by atomic mass is 9.87. The van der Waals surface area contributed by atoms with E-state index in [1.54, 1.807) is 0 Å². The number of amides is 2. The number of nitro groups is 1. The number of benzene rings is 1. The van der Waals surface area contributed by atoms with Crippen LogP contribution < -0.4 is 14.8 Å². The van der Waals surface area contributed by atoms with E-state index in [0.29, 0.717) is 5.75 Å². The zero-order valence-electron chi connectivity index (χ0n) is 13.4. The Hall–Kier alpha value is -2.84. The Morgan fingerprint density at radius 1 is 1.24 bits per heavy atom.